The molecule has 2 heterocycles. The van der Waals surface area contributed by atoms with Gasteiger partial charge in [0.25, 0.3) is 0 Å². The Morgan fingerprint density at radius 1 is 1.37 bits per heavy atom. The van der Waals surface area contributed by atoms with Crippen molar-refractivity contribution in [2.45, 2.75) is 32.2 Å². The van der Waals surface area contributed by atoms with Gasteiger partial charge in [-0.3, -0.25) is 9.67 Å². The lowest BCUT2D eigenvalue weighted by molar-refractivity contribution is 0.647. The minimum atomic E-state index is 0.410. The first-order chi connectivity index (χ1) is 13.2. The van der Waals surface area contributed by atoms with E-state index in [1.165, 1.54) is 11.3 Å². The lowest BCUT2D eigenvalue weighted by Crippen LogP contribution is -2.44. The summed E-state index contributed by atoms with van der Waals surface area (Å²) < 4.78 is 3.00. The highest BCUT2D eigenvalue weighted by Crippen LogP contribution is 2.28. The van der Waals surface area contributed by atoms with E-state index in [2.05, 4.69) is 73.9 Å². The normalized spacial score (nSPS) is 17.4. The van der Waals surface area contributed by atoms with Gasteiger partial charge in [0.15, 0.2) is 5.96 Å². The van der Waals surface area contributed by atoms with E-state index >= 15 is 0 Å². The SMILES string of the molecule is CCNC(=NCCCc1cnn(C)c1)NC1CCN(c2ccccc2Br)C1. The van der Waals surface area contributed by atoms with Crippen molar-refractivity contribution in [3.63, 3.8) is 0 Å². The number of anilines is 1. The molecule has 1 aromatic heterocycles. The summed E-state index contributed by atoms with van der Waals surface area (Å²) in [6.07, 6.45) is 7.15. The maximum Gasteiger partial charge on any atom is 0.191 e. The molecule has 2 N–H and O–H groups in total. The summed E-state index contributed by atoms with van der Waals surface area (Å²) in [5.41, 5.74) is 2.53. The Morgan fingerprint density at radius 3 is 2.96 bits per heavy atom. The minimum Gasteiger partial charge on any atom is -0.368 e. The molecule has 1 saturated heterocycles. The second kappa shape index (κ2) is 9.78. The second-order valence-corrected chi connectivity index (χ2v) is 7.77. The molecular formula is C20H29BrN6. The van der Waals surface area contributed by atoms with E-state index in [1.807, 2.05) is 17.9 Å². The van der Waals surface area contributed by atoms with Crippen molar-refractivity contribution in [1.82, 2.24) is 20.4 Å². The Labute approximate surface area is 170 Å². The van der Waals surface area contributed by atoms with Crippen molar-refractivity contribution in [3.05, 3.63) is 46.7 Å². The van der Waals surface area contributed by atoms with Gasteiger partial charge in [-0.1, -0.05) is 12.1 Å². The largest absolute Gasteiger partial charge is 0.368 e. The molecule has 1 fully saturated rings. The number of hydrogen-bond donors (Lipinski definition) is 2. The van der Waals surface area contributed by atoms with E-state index in [1.54, 1.807) is 0 Å². The van der Waals surface area contributed by atoms with E-state index in [-0.39, 0.29) is 0 Å². The molecule has 1 unspecified atom stereocenters. The number of guanidine groups is 1. The van der Waals surface area contributed by atoms with E-state index in [9.17, 15) is 0 Å². The summed E-state index contributed by atoms with van der Waals surface area (Å²) >= 11 is 3.66. The smallest absolute Gasteiger partial charge is 0.191 e. The quantitative estimate of drug-likeness (QED) is 0.401. The van der Waals surface area contributed by atoms with Crippen LogP contribution in [0.5, 0.6) is 0 Å². The molecule has 1 aliphatic heterocycles. The van der Waals surface area contributed by atoms with Gasteiger partial charge in [-0.2, -0.15) is 5.10 Å². The van der Waals surface area contributed by atoms with Crippen LogP contribution >= 0.6 is 15.9 Å². The van der Waals surface area contributed by atoms with Gasteiger partial charge in [-0.25, -0.2) is 0 Å². The third-order valence-electron chi connectivity index (χ3n) is 4.72. The van der Waals surface area contributed by atoms with E-state index < -0.39 is 0 Å². The van der Waals surface area contributed by atoms with Crippen molar-refractivity contribution >= 4 is 27.6 Å². The molecule has 6 nitrogen and oxygen atoms in total. The van der Waals surface area contributed by atoms with Crippen LogP contribution in [0, 0.1) is 0 Å². The monoisotopic (exact) mass is 432 g/mol. The first kappa shape index (κ1) is 19.7. The standard InChI is InChI=1S/C20H29BrN6/c1-3-22-20(23-11-6-7-16-13-24-26(2)14-16)25-17-10-12-27(15-17)19-9-5-4-8-18(19)21/h4-5,8-9,13-14,17H,3,6-7,10-12,15H2,1-2H3,(H2,22,23,25). The topological polar surface area (TPSA) is 57.5 Å². The van der Waals surface area contributed by atoms with Gasteiger partial charge >= 0.3 is 0 Å². The molecule has 0 spiro atoms. The number of para-hydroxylation sites is 1. The average molecular weight is 433 g/mol. The second-order valence-electron chi connectivity index (χ2n) is 6.91. The van der Waals surface area contributed by atoms with Gasteiger partial charge in [0.1, 0.15) is 0 Å². The molecule has 0 saturated carbocycles. The summed E-state index contributed by atoms with van der Waals surface area (Å²) in [7, 11) is 1.95. The molecule has 2 aromatic rings. The predicted octanol–water partition coefficient (Wildman–Crippen LogP) is 2.95. The Hall–Kier alpha value is -2.02. The lowest BCUT2D eigenvalue weighted by Gasteiger charge is -2.21. The lowest BCUT2D eigenvalue weighted by atomic mass is 10.2. The van der Waals surface area contributed by atoms with Crippen LogP contribution in [-0.2, 0) is 13.5 Å². The predicted molar refractivity (Wildman–Crippen MR) is 115 cm³/mol. The van der Waals surface area contributed by atoms with Gasteiger partial charge in [-0.15, -0.1) is 0 Å². The zero-order chi connectivity index (χ0) is 19.1. The zero-order valence-electron chi connectivity index (χ0n) is 16.2. The number of benzene rings is 1. The molecular weight excluding hydrogens is 404 g/mol. The van der Waals surface area contributed by atoms with Gasteiger partial charge in [0.05, 0.1) is 11.9 Å². The van der Waals surface area contributed by atoms with Crippen molar-refractivity contribution < 1.29 is 0 Å². The average Bonchev–Trinajstić information content (AvgIpc) is 3.28. The number of aryl methyl sites for hydroxylation is 2. The molecule has 0 bridgehead atoms. The van der Waals surface area contributed by atoms with Crippen LogP contribution in [0.2, 0.25) is 0 Å². The number of halogens is 1. The van der Waals surface area contributed by atoms with Crippen LogP contribution in [0.4, 0.5) is 5.69 Å². The molecule has 1 aliphatic rings. The van der Waals surface area contributed by atoms with Gasteiger partial charge in [-0.05, 0) is 59.8 Å². The van der Waals surface area contributed by atoms with Gasteiger partial charge in [0, 0.05) is 49.9 Å². The molecule has 7 heteroatoms. The first-order valence-corrected chi connectivity index (χ1v) is 10.5. The van der Waals surface area contributed by atoms with Crippen LogP contribution in [0.3, 0.4) is 0 Å². The molecule has 27 heavy (non-hydrogen) atoms. The highest BCUT2D eigenvalue weighted by molar-refractivity contribution is 9.10. The van der Waals surface area contributed by atoms with Crippen LogP contribution < -0.4 is 15.5 Å². The van der Waals surface area contributed by atoms with Crippen LogP contribution in [0.1, 0.15) is 25.3 Å². The summed E-state index contributed by atoms with van der Waals surface area (Å²) in [4.78, 5) is 7.18. The highest BCUT2D eigenvalue weighted by atomic mass is 79.9. The molecule has 3 rings (SSSR count). The first-order valence-electron chi connectivity index (χ1n) is 9.67. The van der Waals surface area contributed by atoms with E-state index in [0.717, 1.165) is 55.9 Å². The highest BCUT2D eigenvalue weighted by Gasteiger charge is 2.24. The summed E-state index contributed by atoms with van der Waals surface area (Å²) in [5, 5.41) is 11.2. The number of hydrogen-bond acceptors (Lipinski definition) is 3. The number of nitrogens with one attached hydrogen (secondary N) is 2. The molecule has 146 valence electrons. The third-order valence-corrected chi connectivity index (χ3v) is 5.39. The summed E-state index contributed by atoms with van der Waals surface area (Å²) in [5.74, 6) is 0.919. The van der Waals surface area contributed by atoms with Crippen molar-refractivity contribution in [1.29, 1.82) is 0 Å². The number of rotatable bonds is 7. The maximum atomic E-state index is 4.75. The third kappa shape index (κ3) is 5.73. The van der Waals surface area contributed by atoms with Crippen LogP contribution in [-0.4, -0.2) is 48.0 Å². The number of nitrogens with zero attached hydrogens (tertiary/aromatic N) is 4. The molecule has 0 aliphatic carbocycles. The number of aliphatic imine (C=N–C) groups is 1. The maximum absolute atomic E-state index is 4.75. The van der Waals surface area contributed by atoms with Gasteiger partial charge in [0.2, 0.25) is 0 Å². The zero-order valence-corrected chi connectivity index (χ0v) is 17.7. The Balaban J connectivity index is 1.49. The van der Waals surface area contributed by atoms with Gasteiger partial charge < -0.3 is 15.5 Å². The van der Waals surface area contributed by atoms with Crippen molar-refractivity contribution in [2.75, 3.05) is 31.1 Å². The van der Waals surface area contributed by atoms with Crippen LogP contribution in [0.15, 0.2) is 46.1 Å². The molecule has 1 aromatic carbocycles. The fourth-order valence-corrected chi connectivity index (χ4v) is 3.93. The molecule has 0 amide bonds. The fraction of sp³-hybridized carbons (Fsp3) is 0.500. The Bertz CT molecular complexity index is 756. The molecule has 0 radical (unpaired) electrons. The number of aromatic nitrogens is 2. The Kier molecular flexibility index (Phi) is 7.15. The van der Waals surface area contributed by atoms with E-state index in [0.29, 0.717) is 6.04 Å². The van der Waals surface area contributed by atoms with Crippen LogP contribution in [0.25, 0.3) is 0 Å². The fourth-order valence-electron chi connectivity index (χ4n) is 3.39. The molecule has 1 atom stereocenters. The van der Waals surface area contributed by atoms with Crippen molar-refractivity contribution in [2.24, 2.45) is 12.0 Å². The minimum absolute atomic E-state index is 0.410. The van der Waals surface area contributed by atoms with E-state index in [4.69, 9.17) is 4.99 Å². The summed E-state index contributed by atoms with van der Waals surface area (Å²) in [6.45, 7) is 5.83. The summed E-state index contributed by atoms with van der Waals surface area (Å²) in [6, 6.07) is 8.83. The van der Waals surface area contributed by atoms with Crippen molar-refractivity contribution in [3.8, 4) is 0 Å². The Morgan fingerprint density at radius 2 is 2.22 bits per heavy atom.